The van der Waals surface area contributed by atoms with E-state index in [0.29, 0.717) is 23.3 Å². The van der Waals surface area contributed by atoms with Crippen LogP contribution < -0.4 is 0 Å². The molecule has 3 rings (SSSR count). The quantitative estimate of drug-likeness (QED) is 0.281. The van der Waals surface area contributed by atoms with E-state index in [1.807, 2.05) is 6.08 Å². The number of allylic oxidation sites excluding steroid dienone is 2. The normalized spacial score (nSPS) is 29.6. The average Bonchev–Trinajstić information content (AvgIpc) is 2.66. The Hall–Kier alpha value is -1.39. The van der Waals surface area contributed by atoms with E-state index < -0.39 is 23.9 Å². The van der Waals surface area contributed by atoms with Crippen LogP contribution in [0.2, 0.25) is 0 Å². The van der Waals surface area contributed by atoms with Crippen molar-refractivity contribution in [1.29, 1.82) is 0 Å². The largest absolute Gasteiger partial charge is 0.242 e. The molecular formula is C22H27F5. The molecule has 0 aromatic heterocycles. The molecule has 2 aliphatic carbocycles. The average molecular weight is 386 g/mol. The minimum atomic E-state index is -2.27. The lowest BCUT2D eigenvalue weighted by atomic mass is 9.68. The molecule has 0 N–H and O–H groups in total. The summed E-state index contributed by atoms with van der Waals surface area (Å²) < 4.78 is 64.5. The van der Waals surface area contributed by atoms with Crippen LogP contribution in [-0.2, 0) is 0 Å². The molecule has 0 nitrogen and oxygen atoms in total. The third-order valence-corrected chi connectivity index (χ3v) is 6.46. The summed E-state index contributed by atoms with van der Waals surface area (Å²) in [7, 11) is 0. The molecule has 150 valence electrons. The van der Waals surface area contributed by atoms with Gasteiger partial charge in [-0.3, -0.25) is 0 Å². The van der Waals surface area contributed by atoms with Gasteiger partial charge in [-0.15, -0.1) is 0 Å². The summed E-state index contributed by atoms with van der Waals surface area (Å²) in [6.45, 7) is 0. The first-order chi connectivity index (χ1) is 12.9. The Balaban J connectivity index is 1.47. The van der Waals surface area contributed by atoms with Crippen LogP contribution in [0, 0.1) is 35.2 Å². The van der Waals surface area contributed by atoms with E-state index in [2.05, 4.69) is 0 Å². The van der Waals surface area contributed by atoms with Crippen LogP contribution in [0.1, 0.15) is 69.3 Å². The van der Waals surface area contributed by atoms with Crippen LogP contribution in [-0.4, -0.2) is 6.43 Å². The molecule has 0 radical (unpaired) electrons. The highest BCUT2D eigenvalue weighted by Crippen LogP contribution is 2.44. The number of halogens is 5. The zero-order valence-corrected chi connectivity index (χ0v) is 15.4. The van der Waals surface area contributed by atoms with Crippen molar-refractivity contribution in [3.05, 3.63) is 47.3 Å². The van der Waals surface area contributed by atoms with Crippen molar-refractivity contribution in [2.24, 2.45) is 17.8 Å². The number of hydrogen-bond acceptors (Lipinski definition) is 0. The van der Waals surface area contributed by atoms with Gasteiger partial charge in [0.05, 0.1) is 0 Å². The third-order valence-electron chi connectivity index (χ3n) is 6.46. The Morgan fingerprint density at radius 3 is 1.85 bits per heavy atom. The molecule has 2 saturated carbocycles. The first kappa shape index (κ1) is 20.3. The summed E-state index contributed by atoms with van der Waals surface area (Å²) in [5, 5.41) is 0. The summed E-state index contributed by atoms with van der Waals surface area (Å²) in [5.74, 6) is -1.81. The van der Waals surface area contributed by atoms with Crippen LogP contribution in [0.25, 0.3) is 0 Å². The third kappa shape index (κ3) is 5.32. The zero-order chi connectivity index (χ0) is 19.4. The van der Waals surface area contributed by atoms with E-state index in [1.165, 1.54) is 0 Å². The Morgan fingerprint density at radius 1 is 0.815 bits per heavy atom. The van der Waals surface area contributed by atoms with Gasteiger partial charge >= 0.3 is 0 Å². The number of alkyl halides is 2. The molecule has 0 heterocycles. The van der Waals surface area contributed by atoms with Crippen LogP contribution >= 0.6 is 0 Å². The summed E-state index contributed by atoms with van der Waals surface area (Å²) in [6.07, 6.45) is 9.31. The fourth-order valence-electron chi connectivity index (χ4n) is 4.92. The van der Waals surface area contributed by atoms with Gasteiger partial charge in [0.2, 0.25) is 6.43 Å². The lowest BCUT2D eigenvalue weighted by Crippen LogP contribution is -2.25. The highest BCUT2D eigenvalue weighted by molar-refractivity contribution is 5.23. The van der Waals surface area contributed by atoms with Crippen molar-refractivity contribution in [2.75, 3.05) is 0 Å². The lowest BCUT2D eigenvalue weighted by Gasteiger charge is -2.37. The van der Waals surface area contributed by atoms with Crippen molar-refractivity contribution in [3.63, 3.8) is 0 Å². The molecule has 0 atom stereocenters. The van der Waals surface area contributed by atoms with E-state index in [0.717, 1.165) is 63.5 Å². The number of hydrogen-bond donors (Lipinski definition) is 0. The molecule has 2 fully saturated rings. The van der Waals surface area contributed by atoms with E-state index in [1.54, 1.807) is 6.08 Å². The molecule has 0 saturated heterocycles. The number of rotatable bonds is 5. The van der Waals surface area contributed by atoms with Gasteiger partial charge < -0.3 is 0 Å². The Labute approximate surface area is 157 Å². The van der Waals surface area contributed by atoms with Crippen LogP contribution in [0.3, 0.4) is 0 Å². The van der Waals surface area contributed by atoms with Crippen LogP contribution in [0.15, 0.2) is 24.3 Å². The summed E-state index contributed by atoms with van der Waals surface area (Å²) >= 11 is 0. The smallest absolute Gasteiger partial charge is 0.210 e. The molecule has 0 unspecified atom stereocenters. The maximum atomic E-state index is 13.5. The molecule has 0 bridgehead atoms. The molecule has 1 aromatic carbocycles. The lowest BCUT2D eigenvalue weighted by molar-refractivity contribution is 0.151. The molecular weight excluding hydrogens is 359 g/mol. The molecule has 2 aliphatic rings. The second kappa shape index (κ2) is 9.20. The molecule has 27 heavy (non-hydrogen) atoms. The molecule has 0 aliphatic heterocycles. The van der Waals surface area contributed by atoms with E-state index >= 15 is 0 Å². The summed E-state index contributed by atoms with van der Waals surface area (Å²) in [4.78, 5) is 0. The minimum Gasteiger partial charge on any atom is -0.210 e. The minimum absolute atomic E-state index is 0.0967. The number of benzene rings is 1. The SMILES string of the molecule is Fc1cc(C2CCC(C3CCC(C=CCC(F)F)CC3)CC2)cc(F)c1F. The van der Waals surface area contributed by atoms with Gasteiger partial charge in [-0.1, -0.05) is 12.2 Å². The second-order valence-corrected chi connectivity index (χ2v) is 8.14. The van der Waals surface area contributed by atoms with Crippen molar-refractivity contribution in [3.8, 4) is 0 Å². The van der Waals surface area contributed by atoms with Gasteiger partial charge in [-0.2, -0.15) is 0 Å². The van der Waals surface area contributed by atoms with Gasteiger partial charge in [0.1, 0.15) is 0 Å². The highest BCUT2D eigenvalue weighted by atomic mass is 19.3. The molecule has 0 amide bonds. The monoisotopic (exact) mass is 386 g/mol. The van der Waals surface area contributed by atoms with Gasteiger partial charge in [0.25, 0.3) is 0 Å². The predicted molar refractivity (Wildman–Crippen MR) is 96.2 cm³/mol. The molecule has 5 heteroatoms. The topological polar surface area (TPSA) is 0 Å². The van der Waals surface area contributed by atoms with Gasteiger partial charge in [-0.05, 0) is 92.7 Å². The van der Waals surface area contributed by atoms with Gasteiger partial charge in [-0.25, -0.2) is 22.0 Å². The van der Waals surface area contributed by atoms with E-state index in [9.17, 15) is 22.0 Å². The first-order valence-corrected chi connectivity index (χ1v) is 10.0. The van der Waals surface area contributed by atoms with E-state index in [-0.39, 0.29) is 12.3 Å². The Morgan fingerprint density at radius 2 is 1.33 bits per heavy atom. The maximum absolute atomic E-state index is 13.5. The Kier molecular flexibility index (Phi) is 6.93. The summed E-state index contributed by atoms with van der Waals surface area (Å²) in [6, 6.07) is 2.28. The van der Waals surface area contributed by atoms with Crippen molar-refractivity contribution < 1.29 is 22.0 Å². The Bertz CT molecular complexity index is 615. The van der Waals surface area contributed by atoms with Crippen molar-refractivity contribution in [2.45, 2.75) is 70.1 Å². The van der Waals surface area contributed by atoms with Gasteiger partial charge in [0.15, 0.2) is 17.5 Å². The van der Waals surface area contributed by atoms with Gasteiger partial charge in [0, 0.05) is 6.42 Å². The zero-order valence-electron chi connectivity index (χ0n) is 15.4. The maximum Gasteiger partial charge on any atom is 0.242 e. The summed E-state index contributed by atoms with van der Waals surface area (Å²) in [5.41, 5.74) is 0.567. The van der Waals surface area contributed by atoms with E-state index in [4.69, 9.17) is 0 Å². The standard InChI is InChI=1S/C22H27F5/c23-19-12-18(13-20(24)22(19)27)17-10-8-16(9-11-17)15-6-4-14(5-7-15)2-1-3-21(25)26/h1-2,12-17,21H,3-11H2. The second-order valence-electron chi connectivity index (χ2n) is 8.14. The van der Waals surface area contributed by atoms with Crippen LogP contribution in [0.4, 0.5) is 22.0 Å². The van der Waals surface area contributed by atoms with Crippen molar-refractivity contribution in [1.82, 2.24) is 0 Å². The fourth-order valence-corrected chi connectivity index (χ4v) is 4.92. The highest BCUT2D eigenvalue weighted by Gasteiger charge is 2.31. The first-order valence-electron chi connectivity index (χ1n) is 10.0. The fraction of sp³-hybridized carbons (Fsp3) is 0.636. The van der Waals surface area contributed by atoms with Crippen LogP contribution in [0.5, 0.6) is 0 Å². The molecule has 0 spiro atoms. The predicted octanol–water partition coefficient (Wildman–Crippen LogP) is 7.40. The van der Waals surface area contributed by atoms with Crippen molar-refractivity contribution >= 4 is 0 Å². The molecule has 1 aromatic rings.